The molecule has 9 heteroatoms. The highest BCUT2D eigenvalue weighted by Gasteiger charge is 2.40. The van der Waals surface area contributed by atoms with Gasteiger partial charge in [-0.2, -0.15) is 4.31 Å². The van der Waals surface area contributed by atoms with Crippen molar-refractivity contribution in [1.29, 1.82) is 0 Å². The minimum absolute atomic E-state index is 0.127. The molecule has 1 aliphatic heterocycles. The Hall–Kier alpha value is -2.75. The quantitative estimate of drug-likeness (QED) is 0.345. The van der Waals surface area contributed by atoms with Crippen molar-refractivity contribution >= 4 is 21.8 Å². The molecule has 0 saturated carbocycles. The molecule has 8 nitrogen and oxygen atoms in total. The van der Waals surface area contributed by atoms with Crippen LogP contribution in [0.3, 0.4) is 0 Å². The molecule has 1 heterocycles. The van der Waals surface area contributed by atoms with Gasteiger partial charge >= 0.3 is 0 Å². The molecule has 236 valence electrons. The summed E-state index contributed by atoms with van der Waals surface area (Å²) in [5.41, 5.74) is 4.67. The number of carbonyl (C=O) groups excluding carboxylic acids is 2. The highest BCUT2D eigenvalue weighted by Crippen LogP contribution is 2.31. The molecule has 2 aliphatic rings. The molecule has 0 aromatic heterocycles. The molecule has 4 rings (SSSR count). The molecule has 1 unspecified atom stereocenters. The van der Waals surface area contributed by atoms with Gasteiger partial charge in [0.2, 0.25) is 21.8 Å². The smallest absolute Gasteiger partial charge is 0.243 e. The van der Waals surface area contributed by atoms with Gasteiger partial charge in [0.15, 0.2) is 0 Å². The molecule has 2 aromatic rings. The van der Waals surface area contributed by atoms with Crippen LogP contribution in [0.25, 0.3) is 0 Å². The highest BCUT2D eigenvalue weighted by molar-refractivity contribution is 7.89. The van der Waals surface area contributed by atoms with Gasteiger partial charge in [0.1, 0.15) is 6.04 Å². The molecule has 1 fully saturated rings. The summed E-state index contributed by atoms with van der Waals surface area (Å²) in [6.45, 7) is 14.7. The number of nitrogens with one attached hydrogen (secondary N) is 2. The summed E-state index contributed by atoms with van der Waals surface area (Å²) in [7, 11) is -3.93. The van der Waals surface area contributed by atoms with E-state index in [1.807, 2.05) is 6.92 Å². The van der Waals surface area contributed by atoms with Crippen molar-refractivity contribution in [3.63, 3.8) is 0 Å². The highest BCUT2D eigenvalue weighted by atomic mass is 32.2. The van der Waals surface area contributed by atoms with E-state index in [2.05, 4.69) is 61.4 Å². The second-order valence-corrected chi connectivity index (χ2v) is 15.0. The maximum Gasteiger partial charge on any atom is 0.243 e. The van der Waals surface area contributed by atoms with E-state index < -0.39 is 22.0 Å². The summed E-state index contributed by atoms with van der Waals surface area (Å²) in [6.07, 6.45) is 4.69. The Morgan fingerprint density at radius 3 is 2.44 bits per heavy atom. The summed E-state index contributed by atoms with van der Waals surface area (Å²) in [5, 5.41) is 5.87. The lowest BCUT2D eigenvalue weighted by Crippen LogP contribution is -2.58. The van der Waals surface area contributed by atoms with E-state index in [0.717, 1.165) is 62.9 Å². The molecule has 43 heavy (non-hydrogen) atoms. The maximum atomic E-state index is 13.4. The fraction of sp³-hybridized carbons (Fsp3) is 0.588. The van der Waals surface area contributed by atoms with Crippen molar-refractivity contribution in [2.45, 2.75) is 90.1 Å². The number of hydrogen-bond acceptors (Lipinski definition) is 5. The van der Waals surface area contributed by atoms with Crippen molar-refractivity contribution in [3.05, 3.63) is 64.7 Å². The minimum atomic E-state index is -3.93. The van der Waals surface area contributed by atoms with Crippen LogP contribution in [-0.4, -0.2) is 68.2 Å². The van der Waals surface area contributed by atoms with E-state index in [-0.39, 0.29) is 36.4 Å². The van der Waals surface area contributed by atoms with Crippen molar-refractivity contribution in [1.82, 2.24) is 19.8 Å². The normalized spacial score (nSPS) is 19.5. The zero-order valence-corrected chi connectivity index (χ0v) is 27.4. The maximum absolute atomic E-state index is 13.4. The van der Waals surface area contributed by atoms with Crippen LogP contribution in [0, 0.1) is 18.8 Å². The van der Waals surface area contributed by atoms with E-state index >= 15 is 0 Å². The Bertz CT molecular complexity index is 1350. The van der Waals surface area contributed by atoms with Gasteiger partial charge in [-0.3, -0.25) is 9.59 Å². The first-order valence-electron chi connectivity index (χ1n) is 15.9. The molecule has 1 aliphatic carbocycles. The van der Waals surface area contributed by atoms with Crippen molar-refractivity contribution in [2.75, 3.05) is 32.7 Å². The van der Waals surface area contributed by atoms with Crippen LogP contribution in [0.4, 0.5) is 0 Å². The monoisotopic (exact) mass is 610 g/mol. The average Bonchev–Trinajstić information content (AvgIpc) is 2.93. The molecular formula is C34H50N4O4S. The number of sulfonamides is 1. The summed E-state index contributed by atoms with van der Waals surface area (Å²) >= 11 is 0. The summed E-state index contributed by atoms with van der Waals surface area (Å²) in [6, 6.07) is 12.0. The average molecular weight is 611 g/mol. The molecule has 2 atom stereocenters. The zero-order valence-electron chi connectivity index (χ0n) is 26.6. The van der Waals surface area contributed by atoms with Crippen LogP contribution < -0.4 is 10.6 Å². The lowest BCUT2D eigenvalue weighted by molar-refractivity contribution is -0.132. The molecular weight excluding hydrogens is 560 g/mol. The Labute approximate surface area is 258 Å². The van der Waals surface area contributed by atoms with Gasteiger partial charge in [-0.1, -0.05) is 63.6 Å². The third kappa shape index (κ3) is 8.89. The first kappa shape index (κ1) is 33.1. The number of carbonyl (C=O) groups is 2. The number of amides is 2. The minimum Gasteiger partial charge on any atom is -0.353 e. The Morgan fingerprint density at radius 2 is 1.77 bits per heavy atom. The molecule has 2 amide bonds. The lowest BCUT2D eigenvalue weighted by Gasteiger charge is -2.34. The van der Waals surface area contributed by atoms with Crippen molar-refractivity contribution < 1.29 is 18.0 Å². The summed E-state index contributed by atoms with van der Waals surface area (Å²) in [4.78, 5) is 28.8. The predicted octanol–water partition coefficient (Wildman–Crippen LogP) is 4.61. The largest absolute Gasteiger partial charge is 0.353 e. The van der Waals surface area contributed by atoms with Crippen LogP contribution in [0.1, 0.15) is 81.7 Å². The number of fused-ring (bicyclic) bond motifs is 1. The van der Waals surface area contributed by atoms with E-state index in [9.17, 15) is 18.0 Å². The van der Waals surface area contributed by atoms with Crippen LogP contribution in [0.2, 0.25) is 0 Å². The first-order valence-corrected chi connectivity index (χ1v) is 17.4. The van der Waals surface area contributed by atoms with Gasteiger partial charge in [-0.25, -0.2) is 8.42 Å². The molecule has 0 spiro atoms. The van der Waals surface area contributed by atoms with Gasteiger partial charge in [-0.05, 0) is 86.2 Å². The predicted molar refractivity (Wildman–Crippen MR) is 171 cm³/mol. The van der Waals surface area contributed by atoms with Crippen molar-refractivity contribution in [3.8, 4) is 0 Å². The number of piperazine rings is 1. The van der Waals surface area contributed by atoms with Crippen LogP contribution >= 0.6 is 0 Å². The second kappa shape index (κ2) is 14.8. The number of hydrogen-bond donors (Lipinski definition) is 2. The molecule has 1 saturated heterocycles. The molecule has 2 aromatic carbocycles. The van der Waals surface area contributed by atoms with Gasteiger partial charge in [0, 0.05) is 26.2 Å². The topological polar surface area (TPSA) is 98.8 Å². The lowest BCUT2D eigenvalue weighted by atomic mass is 9.86. The second-order valence-electron chi connectivity index (χ2n) is 13.1. The third-order valence-electron chi connectivity index (χ3n) is 8.33. The standard InChI is InChI=1S/C34H50N4O4S/c1-24(2)22-37(23-25(3)4)18-7-8-27-13-16-30-28(20-27)9-6-10-31(30)36-33(39)21-32-34(40)35-17-19-38(32)43(41,42)29-14-11-26(5)12-15-29/h11-16,20,24-25,31-32H,6-10,17-19,21-23H2,1-5H3,(H,35,40)(H,36,39)/t31?,32-/m1/s1. The van der Waals surface area contributed by atoms with Gasteiger partial charge in [0.25, 0.3) is 0 Å². The molecule has 0 radical (unpaired) electrons. The summed E-state index contributed by atoms with van der Waals surface area (Å²) in [5.74, 6) is 0.556. The fourth-order valence-electron chi connectivity index (χ4n) is 6.42. The Balaban J connectivity index is 1.39. The van der Waals surface area contributed by atoms with E-state index in [1.54, 1.807) is 24.3 Å². The van der Waals surface area contributed by atoms with Crippen molar-refractivity contribution in [2.24, 2.45) is 11.8 Å². The number of aryl methyl sites for hydroxylation is 3. The molecule has 2 N–H and O–H groups in total. The number of rotatable bonds is 13. The van der Waals surface area contributed by atoms with Gasteiger partial charge in [0.05, 0.1) is 17.4 Å². The number of benzene rings is 2. The van der Waals surface area contributed by atoms with E-state index in [1.165, 1.54) is 15.4 Å². The Kier molecular flexibility index (Phi) is 11.4. The zero-order chi connectivity index (χ0) is 31.1. The van der Waals surface area contributed by atoms with Crippen LogP contribution in [-0.2, 0) is 32.5 Å². The summed E-state index contributed by atoms with van der Waals surface area (Å²) < 4.78 is 28.1. The van der Waals surface area contributed by atoms with E-state index in [0.29, 0.717) is 11.8 Å². The molecule has 0 bridgehead atoms. The van der Waals surface area contributed by atoms with Crippen LogP contribution in [0.5, 0.6) is 0 Å². The SMILES string of the molecule is Cc1ccc(S(=O)(=O)N2CCNC(=O)[C@H]2CC(=O)NC2CCCc3cc(CCCN(CC(C)C)CC(C)C)ccc32)cc1. The van der Waals surface area contributed by atoms with Crippen LogP contribution in [0.15, 0.2) is 47.4 Å². The van der Waals surface area contributed by atoms with Gasteiger partial charge < -0.3 is 15.5 Å². The van der Waals surface area contributed by atoms with E-state index in [4.69, 9.17) is 0 Å². The Morgan fingerprint density at radius 1 is 1.07 bits per heavy atom. The third-order valence-corrected chi connectivity index (χ3v) is 10.3. The fourth-order valence-corrected chi connectivity index (χ4v) is 8.01. The van der Waals surface area contributed by atoms with Gasteiger partial charge in [-0.15, -0.1) is 0 Å². The first-order chi connectivity index (χ1) is 20.4. The number of nitrogens with zero attached hydrogens (tertiary/aromatic N) is 2.